The Bertz CT molecular complexity index is 750. The highest BCUT2D eigenvalue weighted by atomic mass is 79.9. The predicted octanol–water partition coefficient (Wildman–Crippen LogP) is 3.89. The smallest absolute Gasteiger partial charge is 0.253 e. The molecule has 0 atom stereocenters. The highest BCUT2D eigenvalue weighted by Crippen LogP contribution is 2.22. The summed E-state index contributed by atoms with van der Waals surface area (Å²) in [5.41, 5.74) is 1.31. The van der Waals surface area contributed by atoms with Crippen molar-refractivity contribution in [2.24, 2.45) is 0 Å². The molecule has 0 bridgehead atoms. The van der Waals surface area contributed by atoms with Crippen molar-refractivity contribution in [3.8, 4) is 17.6 Å². The second-order valence-electron chi connectivity index (χ2n) is 4.34. The van der Waals surface area contributed by atoms with Crippen molar-refractivity contribution in [1.82, 2.24) is 5.32 Å². The zero-order valence-electron chi connectivity index (χ0n) is 11.8. The maximum absolute atomic E-state index is 12.1. The third-order valence-electron chi connectivity index (χ3n) is 2.81. The number of hydrogen-bond acceptors (Lipinski definition) is 2. The Morgan fingerprint density at radius 1 is 1.32 bits per heavy atom. The maximum atomic E-state index is 12.1. The van der Waals surface area contributed by atoms with Crippen molar-refractivity contribution in [3.63, 3.8) is 0 Å². The lowest BCUT2D eigenvalue weighted by molar-refractivity contribution is 0.0957. The average molecular weight is 379 g/mol. The first-order valence-corrected chi connectivity index (χ1v) is 7.63. The summed E-state index contributed by atoms with van der Waals surface area (Å²) in [6.07, 6.45) is 0. The second kappa shape index (κ2) is 7.88. The minimum absolute atomic E-state index is 0.217. The molecule has 0 radical (unpaired) electrons. The van der Waals surface area contributed by atoms with Gasteiger partial charge in [-0.25, -0.2) is 0 Å². The van der Waals surface area contributed by atoms with E-state index in [2.05, 4.69) is 33.1 Å². The molecule has 2 rings (SSSR count). The normalized spacial score (nSPS) is 9.59. The molecule has 1 N–H and O–H groups in total. The molecule has 0 fully saturated rings. The number of benzene rings is 2. The lowest BCUT2D eigenvalue weighted by Gasteiger charge is -2.06. The van der Waals surface area contributed by atoms with Crippen LogP contribution >= 0.6 is 27.5 Å². The van der Waals surface area contributed by atoms with Crippen LogP contribution < -0.4 is 10.1 Å². The molecule has 3 nitrogen and oxygen atoms in total. The van der Waals surface area contributed by atoms with Gasteiger partial charge in [0.25, 0.3) is 5.91 Å². The lowest BCUT2D eigenvalue weighted by atomic mass is 10.2. The van der Waals surface area contributed by atoms with Gasteiger partial charge in [-0.05, 0) is 52.3 Å². The van der Waals surface area contributed by atoms with Crippen molar-refractivity contribution in [3.05, 3.63) is 63.1 Å². The second-order valence-corrected chi connectivity index (χ2v) is 5.63. The fourth-order valence-corrected chi connectivity index (χ4v) is 2.35. The molecule has 5 heteroatoms. The predicted molar refractivity (Wildman–Crippen MR) is 91.4 cm³/mol. The van der Waals surface area contributed by atoms with Crippen molar-refractivity contribution in [2.45, 2.75) is 0 Å². The Hall–Kier alpha value is -1.96. The molecule has 2 aromatic rings. The Kier molecular flexibility index (Phi) is 5.88. The summed E-state index contributed by atoms with van der Waals surface area (Å²) in [5, 5.41) is 3.38. The SMILES string of the molecule is COc1ccc(Br)c(C(=O)NCC#Cc2cccc(Cl)c2)c1. The van der Waals surface area contributed by atoms with Crippen molar-refractivity contribution < 1.29 is 9.53 Å². The van der Waals surface area contributed by atoms with E-state index in [0.717, 1.165) is 5.56 Å². The molecule has 0 saturated carbocycles. The van der Waals surface area contributed by atoms with Crippen LogP contribution in [0.5, 0.6) is 5.75 Å². The summed E-state index contributed by atoms with van der Waals surface area (Å²) in [4.78, 5) is 12.1. The number of carbonyl (C=O) groups is 1. The van der Waals surface area contributed by atoms with Gasteiger partial charge >= 0.3 is 0 Å². The number of hydrogen-bond donors (Lipinski definition) is 1. The lowest BCUT2D eigenvalue weighted by Crippen LogP contribution is -2.24. The Balaban J connectivity index is 1.99. The van der Waals surface area contributed by atoms with E-state index in [4.69, 9.17) is 16.3 Å². The van der Waals surface area contributed by atoms with Crippen LogP contribution in [-0.2, 0) is 0 Å². The van der Waals surface area contributed by atoms with Crippen LogP contribution in [0.2, 0.25) is 5.02 Å². The van der Waals surface area contributed by atoms with Gasteiger partial charge in [-0.1, -0.05) is 29.5 Å². The highest BCUT2D eigenvalue weighted by Gasteiger charge is 2.10. The molecule has 0 saturated heterocycles. The van der Waals surface area contributed by atoms with Crippen LogP contribution in [0.15, 0.2) is 46.9 Å². The van der Waals surface area contributed by atoms with E-state index in [0.29, 0.717) is 20.8 Å². The first-order valence-electron chi connectivity index (χ1n) is 6.46. The summed E-state index contributed by atoms with van der Waals surface area (Å²) >= 11 is 9.23. The van der Waals surface area contributed by atoms with E-state index in [1.807, 2.05) is 12.1 Å². The molecule has 0 aliphatic heterocycles. The van der Waals surface area contributed by atoms with Crippen molar-refractivity contribution in [1.29, 1.82) is 0 Å². The monoisotopic (exact) mass is 377 g/mol. The molecule has 0 aliphatic carbocycles. The van der Waals surface area contributed by atoms with Crippen LogP contribution in [0.3, 0.4) is 0 Å². The number of carbonyl (C=O) groups excluding carboxylic acids is 1. The molecule has 0 spiro atoms. The standard InChI is InChI=1S/C17H13BrClNO2/c1-22-14-7-8-16(18)15(11-14)17(21)20-9-3-5-12-4-2-6-13(19)10-12/h2,4,6-8,10-11H,9H2,1H3,(H,20,21). The van der Waals surface area contributed by atoms with E-state index in [1.54, 1.807) is 37.4 Å². The third-order valence-corrected chi connectivity index (χ3v) is 3.74. The fraction of sp³-hybridized carbons (Fsp3) is 0.118. The van der Waals surface area contributed by atoms with E-state index in [1.165, 1.54) is 0 Å². The number of halogens is 2. The largest absolute Gasteiger partial charge is 0.497 e. The summed E-state index contributed by atoms with van der Waals surface area (Å²) in [7, 11) is 1.56. The molecular weight excluding hydrogens is 366 g/mol. The molecular formula is C17H13BrClNO2. The van der Waals surface area contributed by atoms with Crippen LogP contribution in [-0.4, -0.2) is 19.6 Å². The molecule has 0 unspecified atom stereocenters. The Morgan fingerprint density at radius 3 is 2.86 bits per heavy atom. The molecule has 112 valence electrons. The number of methoxy groups -OCH3 is 1. The number of nitrogens with one attached hydrogen (secondary N) is 1. The van der Waals surface area contributed by atoms with Crippen LogP contribution in [0.1, 0.15) is 15.9 Å². The van der Waals surface area contributed by atoms with Crippen LogP contribution in [0, 0.1) is 11.8 Å². The number of rotatable bonds is 3. The average Bonchev–Trinajstić information content (AvgIpc) is 2.52. The quantitative estimate of drug-likeness (QED) is 0.823. The first kappa shape index (κ1) is 16.4. The molecule has 2 aromatic carbocycles. The van der Waals surface area contributed by atoms with Gasteiger partial charge in [0.1, 0.15) is 5.75 Å². The van der Waals surface area contributed by atoms with Crippen molar-refractivity contribution in [2.75, 3.05) is 13.7 Å². The molecule has 1 amide bonds. The van der Waals surface area contributed by atoms with Gasteiger partial charge < -0.3 is 10.1 Å². The first-order chi connectivity index (χ1) is 10.6. The molecule has 0 aliphatic rings. The van der Waals surface area contributed by atoms with Gasteiger partial charge in [-0.2, -0.15) is 0 Å². The Labute approximate surface area is 142 Å². The highest BCUT2D eigenvalue weighted by molar-refractivity contribution is 9.10. The van der Waals surface area contributed by atoms with E-state index in [9.17, 15) is 4.79 Å². The summed E-state index contributed by atoms with van der Waals surface area (Å²) < 4.78 is 5.82. The van der Waals surface area contributed by atoms with Gasteiger partial charge in [0.15, 0.2) is 0 Å². The van der Waals surface area contributed by atoms with Crippen LogP contribution in [0.4, 0.5) is 0 Å². The molecule has 22 heavy (non-hydrogen) atoms. The van der Waals surface area contributed by atoms with E-state index >= 15 is 0 Å². The fourth-order valence-electron chi connectivity index (χ4n) is 1.74. The minimum atomic E-state index is -0.217. The van der Waals surface area contributed by atoms with Gasteiger partial charge in [0.05, 0.1) is 19.2 Å². The zero-order valence-corrected chi connectivity index (χ0v) is 14.2. The summed E-state index contributed by atoms with van der Waals surface area (Å²) in [6.45, 7) is 0.245. The Morgan fingerprint density at radius 2 is 2.14 bits per heavy atom. The number of ether oxygens (including phenoxy) is 1. The summed E-state index contributed by atoms with van der Waals surface area (Å²) in [6, 6.07) is 12.5. The van der Waals surface area contributed by atoms with Gasteiger partial charge in [-0.3, -0.25) is 4.79 Å². The zero-order chi connectivity index (χ0) is 15.9. The number of amides is 1. The maximum Gasteiger partial charge on any atom is 0.253 e. The topological polar surface area (TPSA) is 38.3 Å². The van der Waals surface area contributed by atoms with E-state index in [-0.39, 0.29) is 12.5 Å². The summed E-state index contributed by atoms with van der Waals surface area (Å²) in [5.74, 6) is 6.24. The van der Waals surface area contributed by atoms with Crippen molar-refractivity contribution >= 4 is 33.4 Å². The van der Waals surface area contributed by atoms with Gasteiger partial charge in [0.2, 0.25) is 0 Å². The molecule has 0 aromatic heterocycles. The third kappa shape index (κ3) is 4.52. The van der Waals surface area contributed by atoms with E-state index < -0.39 is 0 Å². The minimum Gasteiger partial charge on any atom is -0.497 e. The molecule has 0 heterocycles. The van der Waals surface area contributed by atoms with Crippen LogP contribution in [0.25, 0.3) is 0 Å². The van der Waals surface area contributed by atoms with Gasteiger partial charge in [0, 0.05) is 15.1 Å². The van der Waals surface area contributed by atoms with Gasteiger partial charge in [-0.15, -0.1) is 0 Å².